The van der Waals surface area contributed by atoms with Gasteiger partial charge in [-0.3, -0.25) is 4.79 Å². The van der Waals surface area contributed by atoms with Gasteiger partial charge in [0.05, 0.1) is 6.04 Å². The van der Waals surface area contributed by atoms with Crippen LogP contribution in [0.4, 0.5) is 0 Å². The van der Waals surface area contributed by atoms with E-state index in [4.69, 9.17) is 0 Å². The van der Waals surface area contributed by atoms with Crippen LogP contribution in [-0.4, -0.2) is 5.91 Å². The summed E-state index contributed by atoms with van der Waals surface area (Å²) >= 11 is 0. The van der Waals surface area contributed by atoms with Gasteiger partial charge in [0.25, 0.3) is 0 Å². The van der Waals surface area contributed by atoms with E-state index in [2.05, 4.69) is 55.6 Å². The number of benzene rings is 2. The molecule has 2 aromatic rings. The number of rotatable bonds is 6. The maximum atomic E-state index is 12.4. The van der Waals surface area contributed by atoms with Crippen molar-refractivity contribution in [3.8, 4) is 0 Å². The van der Waals surface area contributed by atoms with E-state index in [9.17, 15) is 4.79 Å². The normalized spacial score (nSPS) is 13.4. The molecule has 1 N–H and O–H groups in total. The van der Waals surface area contributed by atoms with E-state index in [0.29, 0.717) is 0 Å². The van der Waals surface area contributed by atoms with Gasteiger partial charge in [0.2, 0.25) is 5.91 Å². The third-order valence-corrected chi connectivity index (χ3v) is 4.00. The van der Waals surface area contributed by atoms with Gasteiger partial charge in [-0.1, -0.05) is 80.4 Å². The van der Waals surface area contributed by atoms with E-state index < -0.39 is 0 Å². The molecule has 0 spiro atoms. The average molecular weight is 295 g/mol. The van der Waals surface area contributed by atoms with Crippen molar-refractivity contribution in [1.29, 1.82) is 0 Å². The van der Waals surface area contributed by atoms with Crippen molar-refractivity contribution in [2.75, 3.05) is 0 Å². The summed E-state index contributed by atoms with van der Waals surface area (Å²) in [5.41, 5.74) is 3.46. The molecule has 116 valence electrons. The molecule has 0 aliphatic rings. The van der Waals surface area contributed by atoms with Crippen molar-refractivity contribution < 1.29 is 4.79 Å². The van der Waals surface area contributed by atoms with Gasteiger partial charge in [-0.2, -0.15) is 0 Å². The second kappa shape index (κ2) is 7.79. The lowest BCUT2D eigenvalue weighted by Crippen LogP contribution is -2.33. The molecule has 0 saturated carbocycles. The van der Waals surface area contributed by atoms with E-state index in [0.717, 1.165) is 24.0 Å². The smallest absolute Gasteiger partial charge is 0.223 e. The topological polar surface area (TPSA) is 29.1 Å². The van der Waals surface area contributed by atoms with Crippen LogP contribution < -0.4 is 5.32 Å². The summed E-state index contributed by atoms with van der Waals surface area (Å²) in [7, 11) is 0. The van der Waals surface area contributed by atoms with Crippen LogP contribution in [0, 0.1) is 12.8 Å². The van der Waals surface area contributed by atoms with E-state index >= 15 is 0 Å². The van der Waals surface area contributed by atoms with Gasteiger partial charge in [-0.15, -0.1) is 0 Å². The van der Waals surface area contributed by atoms with Gasteiger partial charge < -0.3 is 5.32 Å². The van der Waals surface area contributed by atoms with Crippen LogP contribution in [0.5, 0.6) is 0 Å². The predicted molar refractivity (Wildman–Crippen MR) is 91.7 cm³/mol. The van der Waals surface area contributed by atoms with E-state index in [1.165, 1.54) is 5.56 Å². The summed E-state index contributed by atoms with van der Waals surface area (Å²) in [5.74, 6) is 0.165. The number of nitrogens with one attached hydrogen (secondary N) is 1. The second-order valence-electron chi connectivity index (χ2n) is 5.95. The molecule has 0 heterocycles. The fourth-order valence-corrected chi connectivity index (χ4v) is 2.61. The van der Waals surface area contributed by atoms with E-state index in [1.807, 2.05) is 25.1 Å². The molecule has 22 heavy (non-hydrogen) atoms. The molecule has 2 heteroatoms. The molecule has 2 aromatic carbocycles. The number of aryl methyl sites for hydroxylation is 1. The van der Waals surface area contributed by atoms with E-state index in [1.54, 1.807) is 0 Å². The Balaban J connectivity index is 2.26. The maximum absolute atomic E-state index is 12.4. The molecule has 2 nitrogen and oxygen atoms in total. The van der Waals surface area contributed by atoms with Crippen LogP contribution in [0.25, 0.3) is 0 Å². The molecule has 2 rings (SSSR count). The highest BCUT2D eigenvalue weighted by molar-refractivity contribution is 5.79. The van der Waals surface area contributed by atoms with Gasteiger partial charge >= 0.3 is 0 Å². The van der Waals surface area contributed by atoms with Gasteiger partial charge in [0, 0.05) is 5.92 Å². The summed E-state index contributed by atoms with van der Waals surface area (Å²) in [5, 5.41) is 3.21. The summed E-state index contributed by atoms with van der Waals surface area (Å²) in [6.45, 7) is 6.18. The minimum absolute atomic E-state index is 0.0432. The molecular formula is C20H25NO. The van der Waals surface area contributed by atoms with Crippen molar-refractivity contribution in [1.82, 2.24) is 5.32 Å². The van der Waals surface area contributed by atoms with Gasteiger partial charge in [-0.25, -0.2) is 0 Å². The van der Waals surface area contributed by atoms with Gasteiger partial charge in [-0.05, 0) is 24.5 Å². The standard InChI is InChI=1S/C20H25NO/c1-4-8-16(3)20(22)21-19(17-9-6-5-7-10-17)18-13-11-15(2)12-14-18/h5-7,9-14,16,19H,4,8H2,1-3H3,(H,21,22). The highest BCUT2D eigenvalue weighted by Crippen LogP contribution is 2.23. The minimum atomic E-state index is -0.0893. The Kier molecular flexibility index (Phi) is 5.76. The monoisotopic (exact) mass is 295 g/mol. The van der Waals surface area contributed by atoms with Crippen molar-refractivity contribution in [2.24, 2.45) is 5.92 Å². The van der Waals surface area contributed by atoms with Crippen LogP contribution in [-0.2, 0) is 4.79 Å². The molecule has 0 bridgehead atoms. The number of carbonyl (C=O) groups excluding carboxylic acids is 1. The summed E-state index contributed by atoms with van der Waals surface area (Å²) in [6.07, 6.45) is 1.94. The molecule has 0 aromatic heterocycles. The fraction of sp³-hybridized carbons (Fsp3) is 0.350. The Bertz CT molecular complexity index is 589. The van der Waals surface area contributed by atoms with Crippen molar-refractivity contribution in [3.05, 3.63) is 71.3 Å². The Hall–Kier alpha value is -2.09. The molecule has 2 atom stereocenters. The Morgan fingerprint density at radius 3 is 2.18 bits per heavy atom. The van der Waals surface area contributed by atoms with Crippen molar-refractivity contribution in [3.63, 3.8) is 0 Å². The number of hydrogen-bond acceptors (Lipinski definition) is 1. The first-order chi connectivity index (χ1) is 10.6. The zero-order valence-electron chi connectivity index (χ0n) is 13.7. The van der Waals surface area contributed by atoms with Crippen LogP contribution >= 0.6 is 0 Å². The Morgan fingerprint density at radius 2 is 1.59 bits per heavy atom. The molecule has 2 unspecified atom stereocenters. The van der Waals surface area contributed by atoms with Crippen LogP contribution in [0.2, 0.25) is 0 Å². The molecule has 0 aliphatic carbocycles. The van der Waals surface area contributed by atoms with Crippen LogP contribution in [0.1, 0.15) is 49.4 Å². The molecule has 1 amide bonds. The number of hydrogen-bond donors (Lipinski definition) is 1. The fourth-order valence-electron chi connectivity index (χ4n) is 2.61. The summed E-state index contributed by atoms with van der Waals surface area (Å²) in [4.78, 5) is 12.4. The molecular weight excluding hydrogens is 270 g/mol. The van der Waals surface area contributed by atoms with Crippen molar-refractivity contribution >= 4 is 5.91 Å². The summed E-state index contributed by atoms with van der Waals surface area (Å²) < 4.78 is 0. The third kappa shape index (κ3) is 4.20. The van der Waals surface area contributed by atoms with Crippen molar-refractivity contribution in [2.45, 2.75) is 39.7 Å². The zero-order valence-corrected chi connectivity index (χ0v) is 13.7. The highest BCUT2D eigenvalue weighted by Gasteiger charge is 2.19. The Labute approximate surface area is 133 Å². The predicted octanol–water partition coefficient (Wildman–Crippen LogP) is 4.64. The van der Waals surface area contributed by atoms with Crippen LogP contribution in [0.15, 0.2) is 54.6 Å². The first kappa shape index (κ1) is 16.3. The van der Waals surface area contributed by atoms with Gasteiger partial charge in [0.15, 0.2) is 0 Å². The zero-order chi connectivity index (χ0) is 15.9. The number of amides is 1. The molecule has 0 radical (unpaired) electrons. The second-order valence-corrected chi connectivity index (χ2v) is 5.95. The first-order valence-corrected chi connectivity index (χ1v) is 8.03. The molecule has 0 fully saturated rings. The Morgan fingerprint density at radius 1 is 1.00 bits per heavy atom. The van der Waals surface area contributed by atoms with E-state index in [-0.39, 0.29) is 17.9 Å². The lowest BCUT2D eigenvalue weighted by molar-refractivity contribution is -0.125. The minimum Gasteiger partial charge on any atom is -0.345 e. The molecule has 0 saturated heterocycles. The van der Waals surface area contributed by atoms with Gasteiger partial charge in [0.1, 0.15) is 0 Å². The quantitative estimate of drug-likeness (QED) is 0.826. The lowest BCUT2D eigenvalue weighted by Gasteiger charge is -2.22. The maximum Gasteiger partial charge on any atom is 0.223 e. The third-order valence-electron chi connectivity index (χ3n) is 4.00. The SMILES string of the molecule is CCCC(C)C(=O)NC(c1ccccc1)c1ccc(C)cc1. The average Bonchev–Trinajstić information content (AvgIpc) is 2.54. The largest absolute Gasteiger partial charge is 0.345 e. The molecule has 0 aliphatic heterocycles. The van der Waals surface area contributed by atoms with Crippen LogP contribution in [0.3, 0.4) is 0 Å². The first-order valence-electron chi connectivity index (χ1n) is 8.03. The number of carbonyl (C=O) groups is 1. The lowest BCUT2D eigenvalue weighted by atomic mass is 9.96. The highest BCUT2D eigenvalue weighted by atomic mass is 16.1. The summed E-state index contributed by atoms with van der Waals surface area (Å²) in [6, 6.07) is 18.4.